The molecule has 0 saturated carbocycles. The second-order valence-corrected chi connectivity index (χ2v) is 5.99. The number of carbonyl (C=O) groups is 1. The number of nitrogens with zero attached hydrogens (tertiary/aromatic N) is 1. The van der Waals surface area contributed by atoms with Crippen LogP contribution in [0.4, 0.5) is 0 Å². The number of thioether (sulfide) groups is 1. The predicted molar refractivity (Wildman–Crippen MR) is 76.5 cm³/mol. The van der Waals surface area contributed by atoms with E-state index in [9.17, 15) is 4.79 Å². The fourth-order valence-corrected chi connectivity index (χ4v) is 2.86. The van der Waals surface area contributed by atoms with Gasteiger partial charge >= 0.3 is 0 Å². The maximum absolute atomic E-state index is 12.1. The number of rotatable bonds is 6. The average Bonchev–Trinajstić information content (AvgIpc) is 2.86. The van der Waals surface area contributed by atoms with E-state index >= 15 is 0 Å². The lowest BCUT2D eigenvalue weighted by molar-refractivity contribution is -0.133. The number of likely N-dealkylation sites (N-methyl/N-ethyl adjacent to an activating group) is 1. The first-order valence-electron chi connectivity index (χ1n) is 5.62. The van der Waals surface area contributed by atoms with Crippen LogP contribution in [-0.2, 0) is 4.79 Å². The van der Waals surface area contributed by atoms with E-state index in [1.54, 1.807) is 28.0 Å². The molecule has 0 spiro atoms. The second kappa shape index (κ2) is 7.03. The standard InChI is InChI=1S/C12H20N2OS2/c1-9(11-5-4-7-17-11)14(2)12(15)10(13)6-8-16-3/h4-5,7,9-10H,6,8,13H2,1-3H3/t9?,10-/m0/s1. The maximum atomic E-state index is 12.1. The highest BCUT2D eigenvalue weighted by atomic mass is 32.2. The van der Waals surface area contributed by atoms with E-state index in [4.69, 9.17) is 5.73 Å². The van der Waals surface area contributed by atoms with Gasteiger partial charge in [-0.05, 0) is 36.8 Å². The summed E-state index contributed by atoms with van der Waals surface area (Å²) in [6.07, 6.45) is 2.76. The molecule has 0 aliphatic heterocycles. The fourth-order valence-electron chi connectivity index (χ4n) is 1.54. The highest BCUT2D eigenvalue weighted by molar-refractivity contribution is 7.98. The molecule has 0 saturated heterocycles. The molecule has 3 nitrogen and oxygen atoms in total. The highest BCUT2D eigenvalue weighted by Gasteiger charge is 2.22. The van der Waals surface area contributed by atoms with Crippen molar-refractivity contribution in [2.75, 3.05) is 19.1 Å². The second-order valence-electron chi connectivity index (χ2n) is 4.03. The lowest BCUT2D eigenvalue weighted by atomic mass is 10.1. The Hall–Kier alpha value is -0.520. The Labute approximate surface area is 111 Å². The lowest BCUT2D eigenvalue weighted by Gasteiger charge is -2.26. The summed E-state index contributed by atoms with van der Waals surface area (Å²) >= 11 is 3.38. The zero-order chi connectivity index (χ0) is 12.8. The van der Waals surface area contributed by atoms with E-state index < -0.39 is 0 Å². The van der Waals surface area contributed by atoms with E-state index in [1.165, 1.54) is 4.88 Å². The third-order valence-electron chi connectivity index (χ3n) is 2.83. The van der Waals surface area contributed by atoms with Crippen LogP contribution in [-0.4, -0.2) is 35.9 Å². The SMILES string of the molecule is CSCC[C@H](N)C(=O)N(C)C(C)c1cccs1. The van der Waals surface area contributed by atoms with Crippen LogP contribution in [0.2, 0.25) is 0 Å². The smallest absolute Gasteiger partial charge is 0.239 e. The first-order valence-corrected chi connectivity index (χ1v) is 7.90. The molecule has 0 aliphatic carbocycles. The summed E-state index contributed by atoms with van der Waals surface area (Å²) in [5.41, 5.74) is 5.89. The summed E-state index contributed by atoms with van der Waals surface area (Å²) in [6.45, 7) is 2.03. The van der Waals surface area contributed by atoms with Gasteiger partial charge in [0.05, 0.1) is 12.1 Å². The van der Waals surface area contributed by atoms with Crippen LogP contribution >= 0.6 is 23.1 Å². The van der Waals surface area contributed by atoms with Gasteiger partial charge in [0.2, 0.25) is 5.91 Å². The minimum absolute atomic E-state index is 0.0277. The van der Waals surface area contributed by atoms with Gasteiger partial charge in [-0.3, -0.25) is 4.79 Å². The Balaban J connectivity index is 2.57. The van der Waals surface area contributed by atoms with E-state index in [2.05, 4.69) is 0 Å². The largest absolute Gasteiger partial charge is 0.337 e. The minimum atomic E-state index is -0.380. The molecule has 0 bridgehead atoms. The van der Waals surface area contributed by atoms with Crippen LogP contribution in [0.5, 0.6) is 0 Å². The molecule has 2 N–H and O–H groups in total. The first-order chi connectivity index (χ1) is 8.07. The maximum Gasteiger partial charge on any atom is 0.239 e. The van der Waals surface area contributed by atoms with Gasteiger partial charge < -0.3 is 10.6 Å². The molecule has 1 rings (SSSR count). The monoisotopic (exact) mass is 272 g/mol. The predicted octanol–water partition coefficient (Wildman–Crippen LogP) is 2.35. The van der Waals surface area contributed by atoms with Gasteiger partial charge in [0, 0.05) is 11.9 Å². The van der Waals surface area contributed by atoms with Crippen molar-refractivity contribution >= 4 is 29.0 Å². The van der Waals surface area contributed by atoms with Gasteiger partial charge in [-0.1, -0.05) is 6.07 Å². The molecule has 0 radical (unpaired) electrons. The third kappa shape index (κ3) is 4.01. The lowest BCUT2D eigenvalue weighted by Crippen LogP contribution is -2.42. The normalized spacial score (nSPS) is 14.4. The van der Waals surface area contributed by atoms with Crippen molar-refractivity contribution in [2.24, 2.45) is 5.73 Å². The Morgan fingerprint density at radius 1 is 1.65 bits per heavy atom. The van der Waals surface area contributed by atoms with Crippen LogP contribution in [0.1, 0.15) is 24.3 Å². The van der Waals surface area contributed by atoms with Crippen molar-refractivity contribution in [1.29, 1.82) is 0 Å². The zero-order valence-corrected chi connectivity index (χ0v) is 12.2. The van der Waals surface area contributed by atoms with Crippen molar-refractivity contribution in [3.05, 3.63) is 22.4 Å². The van der Waals surface area contributed by atoms with Gasteiger partial charge in [-0.25, -0.2) is 0 Å². The fraction of sp³-hybridized carbons (Fsp3) is 0.583. The Bertz CT molecular complexity index is 340. The molecule has 96 valence electrons. The van der Waals surface area contributed by atoms with Crippen LogP contribution in [0, 0.1) is 0 Å². The number of thiophene rings is 1. The molecule has 0 aliphatic rings. The van der Waals surface area contributed by atoms with Gasteiger partial charge in [0.25, 0.3) is 0 Å². The number of hydrogen-bond acceptors (Lipinski definition) is 4. The van der Waals surface area contributed by atoms with Crippen LogP contribution in [0.25, 0.3) is 0 Å². The molecule has 1 unspecified atom stereocenters. The summed E-state index contributed by atoms with van der Waals surface area (Å²) in [7, 11) is 1.83. The molecular formula is C12H20N2OS2. The van der Waals surface area contributed by atoms with Crippen molar-refractivity contribution in [3.63, 3.8) is 0 Å². The Kier molecular flexibility index (Phi) is 6.02. The molecule has 0 fully saturated rings. The zero-order valence-electron chi connectivity index (χ0n) is 10.6. The Morgan fingerprint density at radius 2 is 2.35 bits per heavy atom. The van der Waals surface area contributed by atoms with E-state index in [0.717, 1.165) is 12.2 Å². The summed E-state index contributed by atoms with van der Waals surface area (Å²) in [5, 5.41) is 2.03. The number of hydrogen-bond donors (Lipinski definition) is 1. The quantitative estimate of drug-likeness (QED) is 0.864. The first kappa shape index (κ1) is 14.5. The Morgan fingerprint density at radius 3 is 2.88 bits per heavy atom. The van der Waals surface area contributed by atoms with E-state index in [1.807, 2.05) is 37.7 Å². The molecule has 0 aromatic carbocycles. The van der Waals surface area contributed by atoms with Crippen LogP contribution < -0.4 is 5.73 Å². The minimum Gasteiger partial charge on any atom is -0.337 e. The molecule has 1 amide bonds. The van der Waals surface area contributed by atoms with E-state index in [-0.39, 0.29) is 18.0 Å². The highest BCUT2D eigenvalue weighted by Crippen LogP contribution is 2.23. The number of nitrogens with two attached hydrogens (primary N) is 1. The summed E-state index contributed by atoms with van der Waals surface area (Å²) < 4.78 is 0. The van der Waals surface area contributed by atoms with E-state index in [0.29, 0.717) is 0 Å². The molecule has 17 heavy (non-hydrogen) atoms. The summed E-state index contributed by atoms with van der Waals surface area (Å²) in [6, 6.07) is 3.77. The molecule has 1 aromatic heterocycles. The van der Waals surface area contributed by atoms with Gasteiger partial charge in [-0.2, -0.15) is 11.8 Å². The summed E-state index contributed by atoms with van der Waals surface area (Å²) in [4.78, 5) is 15.0. The van der Waals surface area contributed by atoms with Gasteiger partial charge in [-0.15, -0.1) is 11.3 Å². The topological polar surface area (TPSA) is 46.3 Å². The molecule has 1 heterocycles. The van der Waals surface area contributed by atoms with Crippen molar-refractivity contribution in [1.82, 2.24) is 4.90 Å². The van der Waals surface area contributed by atoms with Gasteiger partial charge in [0.1, 0.15) is 0 Å². The van der Waals surface area contributed by atoms with Crippen molar-refractivity contribution < 1.29 is 4.79 Å². The average molecular weight is 272 g/mol. The van der Waals surface area contributed by atoms with Crippen molar-refractivity contribution in [3.8, 4) is 0 Å². The number of carbonyl (C=O) groups excluding carboxylic acids is 1. The third-order valence-corrected chi connectivity index (χ3v) is 4.52. The van der Waals surface area contributed by atoms with Crippen LogP contribution in [0.15, 0.2) is 17.5 Å². The van der Waals surface area contributed by atoms with Gasteiger partial charge in [0.15, 0.2) is 0 Å². The number of amides is 1. The molecule has 5 heteroatoms. The van der Waals surface area contributed by atoms with Crippen LogP contribution in [0.3, 0.4) is 0 Å². The van der Waals surface area contributed by atoms with Crippen molar-refractivity contribution in [2.45, 2.75) is 25.4 Å². The molecule has 2 atom stereocenters. The summed E-state index contributed by atoms with van der Waals surface area (Å²) in [5.74, 6) is 0.952. The molecule has 1 aromatic rings. The molecular weight excluding hydrogens is 252 g/mol.